The maximum Gasteiger partial charge on any atom is 0.322 e. The predicted molar refractivity (Wildman–Crippen MR) is 96.7 cm³/mol. The van der Waals surface area contributed by atoms with E-state index in [0.717, 1.165) is 22.9 Å². The highest BCUT2D eigenvalue weighted by molar-refractivity contribution is 7.90. The zero-order chi connectivity index (χ0) is 18.9. The average molecular weight is 371 g/mol. The molecule has 3 aromatic rings. The second-order valence-electron chi connectivity index (χ2n) is 5.97. The molecule has 8 heteroatoms. The first kappa shape index (κ1) is 17.8. The molecule has 1 heterocycles. The van der Waals surface area contributed by atoms with E-state index >= 15 is 0 Å². The number of anilines is 1. The van der Waals surface area contributed by atoms with E-state index in [-0.39, 0.29) is 22.4 Å². The van der Waals surface area contributed by atoms with Crippen LogP contribution in [-0.2, 0) is 9.84 Å². The summed E-state index contributed by atoms with van der Waals surface area (Å²) in [5.41, 5.74) is 3.16. The number of carbonyl (C=O) groups is 1. The summed E-state index contributed by atoms with van der Waals surface area (Å²) >= 11 is 0. The van der Waals surface area contributed by atoms with Crippen molar-refractivity contribution in [3.63, 3.8) is 0 Å². The first-order chi connectivity index (χ1) is 12.2. The highest BCUT2D eigenvalue weighted by atomic mass is 32.2. The summed E-state index contributed by atoms with van der Waals surface area (Å²) in [7, 11) is -3.40. The SMILES string of the molecule is Cc1ccc(-c2nnc(NC(=O)c3cccc(S(C)(=O)=O)c3)o2)cc1C. The molecule has 7 nitrogen and oxygen atoms in total. The van der Waals surface area contributed by atoms with Crippen molar-refractivity contribution in [1.82, 2.24) is 10.2 Å². The lowest BCUT2D eigenvalue weighted by Crippen LogP contribution is -2.13. The summed E-state index contributed by atoms with van der Waals surface area (Å²) < 4.78 is 28.7. The van der Waals surface area contributed by atoms with Gasteiger partial charge >= 0.3 is 6.01 Å². The first-order valence-electron chi connectivity index (χ1n) is 7.76. The van der Waals surface area contributed by atoms with Crippen LogP contribution in [0.3, 0.4) is 0 Å². The van der Waals surface area contributed by atoms with Gasteiger partial charge < -0.3 is 4.42 Å². The van der Waals surface area contributed by atoms with Crippen molar-refractivity contribution in [2.24, 2.45) is 0 Å². The Hall–Kier alpha value is -3.00. The molecule has 0 aliphatic rings. The standard InChI is InChI=1S/C18H17N3O4S/c1-11-7-8-14(9-12(11)2)17-20-21-18(25-17)19-16(22)13-5-4-6-15(10-13)26(3,23)24/h4-10H,1-3H3,(H,19,21,22). The number of rotatable bonds is 4. The number of benzene rings is 2. The van der Waals surface area contributed by atoms with Gasteiger partial charge in [-0.25, -0.2) is 8.42 Å². The second-order valence-corrected chi connectivity index (χ2v) is 7.98. The lowest BCUT2D eigenvalue weighted by Gasteiger charge is -2.03. The van der Waals surface area contributed by atoms with Gasteiger partial charge in [-0.1, -0.05) is 17.2 Å². The highest BCUT2D eigenvalue weighted by Crippen LogP contribution is 2.22. The molecular formula is C18H17N3O4S. The number of nitrogens with one attached hydrogen (secondary N) is 1. The van der Waals surface area contributed by atoms with Crippen LogP contribution in [-0.4, -0.2) is 30.8 Å². The van der Waals surface area contributed by atoms with E-state index in [4.69, 9.17) is 4.42 Å². The Labute approximate surface area is 151 Å². The molecule has 0 unspecified atom stereocenters. The van der Waals surface area contributed by atoms with Gasteiger partial charge in [-0.05, 0) is 55.3 Å². The number of hydrogen-bond acceptors (Lipinski definition) is 6. The van der Waals surface area contributed by atoms with E-state index in [1.54, 1.807) is 0 Å². The van der Waals surface area contributed by atoms with E-state index in [2.05, 4.69) is 15.5 Å². The Kier molecular flexibility index (Phi) is 4.60. The number of hydrogen-bond donors (Lipinski definition) is 1. The van der Waals surface area contributed by atoms with Gasteiger partial charge in [0.05, 0.1) is 4.90 Å². The fourth-order valence-electron chi connectivity index (χ4n) is 2.30. The van der Waals surface area contributed by atoms with Crippen molar-refractivity contribution in [1.29, 1.82) is 0 Å². The molecule has 2 aromatic carbocycles. The molecule has 0 fully saturated rings. The van der Waals surface area contributed by atoms with Gasteiger partial charge in [0.25, 0.3) is 5.91 Å². The van der Waals surface area contributed by atoms with E-state index in [1.165, 1.54) is 24.3 Å². The molecule has 0 radical (unpaired) electrons. The van der Waals surface area contributed by atoms with Crippen LogP contribution in [0, 0.1) is 13.8 Å². The lowest BCUT2D eigenvalue weighted by atomic mass is 10.1. The van der Waals surface area contributed by atoms with Crippen molar-refractivity contribution in [2.45, 2.75) is 18.7 Å². The van der Waals surface area contributed by atoms with Crippen molar-refractivity contribution in [3.05, 3.63) is 59.2 Å². The Balaban J connectivity index is 1.81. The molecule has 0 saturated carbocycles. The first-order valence-corrected chi connectivity index (χ1v) is 9.66. The summed E-state index contributed by atoms with van der Waals surface area (Å²) in [6.45, 7) is 3.98. The van der Waals surface area contributed by atoms with Gasteiger partial charge in [0.15, 0.2) is 9.84 Å². The van der Waals surface area contributed by atoms with Crippen LogP contribution in [0.15, 0.2) is 51.8 Å². The van der Waals surface area contributed by atoms with Crippen LogP contribution in [0.1, 0.15) is 21.5 Å². The number of sulfone groups is 1. The summed E-state index contributed by atoms with van der Waals surface area (Å²) in [4.78, 5) is 12.4. The monoisotopic (exact) mass is 371 g/mol. The molecule has 0 aliphatic carbocycles. The Bertz CT molecular complexity index is 1090. The average Bonchev–Trinajstić information content (AvgIpc) is 3.05. The maximum atomic E-state index is 12.3. The molecule has 0 aliphatic heterocycles. The van der Waals surface area contributed by atoms with Crippen molar-refractivity contribution >= 4 is 21.8 Å². The zero-order valence-electron chi connectivity index (χ0n) is 14.5. The van der Waals surface area contributed by atoms with Crippen LogP contribution >= 0.6 is 0 Å². The molecule has 0 saturated heterocycles. The smallest absolute Gasteiger partial charge is 0.322 e. The number of carbonyl (C=O) groups excluding carboxylic acids is 1. The van der Waals surface area contributed by atoms with Crippen molar-refractivity contribution in [2.75, 3.05) is 11.6 Å². The second kappa shape index (κ2) is 6.72. The topological polar surface area (TPSA) is 102 Å². The van der Waals surface area contributed by atoms with E-state index in [0.29, 0.717) is 0 Å². The molecular weight excluding hydrogens is 354 g/mol. The van der Waals surface area contributed by atoms with E-state index < -0.39 is 15.7 Å². The zero-order valence-corrected chi connectivity index (χ0v) is 15.3. The summed E-state index contributed by atoms with van der Waals surface area (Å²) in [6.07, 6.45) is 1.08. The van der Waals surface area contributed by atoms with Crippen LogP contribution < -0.4 is 5.32 Å². The predicted octanol–water partition coefficient (Wildman–Crippen LogP) is 3.01. The highest BCUT2D eigenvalue weighted by Gasteiger charge is 2.15. The van der Waals surface area contributed by atoms with Gasteiger partial charge in [-0.2, -0.15) is 0 Å². The quantitative estimate of drug-likeness (QED) is 0.756. The van der Waals surface area contributed by atoms with Gasteiger partial charge in [-0.15, -0.1) is 5.10 Å². The van der Waals surface area contributed by atoms with Gasteiger partial charge in [0.2, 0.25) is 5.89 Å². The molecule has 3 rings (SSSR count). The van der Waals surface area contributed by atoms with E-state index in [9.17, 15) is 13.2 Å². The maximum absolute atomic E-state index is 12.3. The minimum atomic E-state index is -3.40. The Morgan fingerprint density at radius 1 is 1.04 bits per heavy atom. The number of nitrogens with zero attached hydrogens (tertiary/aromatic N) is 2. The van der Waals surface area contributed by atoms with Gasteiger partial charge in [0.1, 0.15) is 0 Å². The minimum absolute atomic E-state index is 0.0616. The fraction of sp³-hybridized carbons (Fsp3) is 0.167. The molecule has 0 spiro atoms. The van der Waals surface area contributed by atoms with Crippen molar-refractivity contribution in [3.8, 4) is 11.5 Å². The summed E-state index contributed by atoms with van der Waals surface area (Å²) in [5, 5.41) is 10.2. The Morgan fingerprint density at radius 3 is 2.50 bits per heavy atom. The third-order valence-electron chi connectivity index (χ3n) is 3.92. The number of amides is 1. The van der Waals surface area contributed by atoms with E-state index in [1.807, 2.05) is 32.0 Å². The van der Waals surface area contributed by atoms with Crippen LogP contribution in [0.25, 0.3) is 11.5 Å². The largest absolute Gasteiger partial charge is 0.403 e. The molecule has 1 aromatic heterocycles. The Morgan fingerprint density at radius 2 is 1.81 bits per heavy atom. The molecule has 0 atom stereocenters. The van der Waals surface area contributed by atoms with Crippen LogP contribution in [0.2, 0.25) is 0 Å². The summed E-state index contributed by atoms with van der Waals surface area (Å²) in [5.74, 6) is -0.251. The fourth-order valence-corrected chi connectivity index (χ4v) is 2.97. The summed E-state index contributed by atoms with van der Waals surface area (Å²) in [6, 6.07) is 11.4. The van der Waals surface area contributed by atoms with Gasteiger partial charge in [0, 0.05) is 17.4 Å². The molecule has 134 valence electrons. The third kappa shape index (κ3) is 3.80. The molecule has 1 N–H and O–H groups in total. The molecule has 1 amide bonds. The number of aryl methyl sites for hydroxylation is 2. The normalized spacial score (nSPS) is 11.3. The lowest BCUT2D eigenvalue weighted by molar-refractivity contribution is 0.102. The third-order valence-corrected chi connectivity index (χ3v) is 5.03. The molecule has 26 heavy (non-hydrogen) atoms. The number of aromatic nitrogens is 2. The van der Waals surface area contributed by atoms with Crippen LogP contribution in [0.5, 0.6) is 0 Å². The minimum Gasteiger partial charge on any atom is -0.403 e. The van der Waals surface area contributed by atoms with Crippen molar-refractivity contribution < 1.29 is 17.6 Å². The molecule has 0 bridgehead atoms. The van der Waals surface area contributed by atoms with Crippen LogP contribution in [0.4, 0.5) is 6.01 Å². The van der Waals surface area contributed by atoms with Gasteiger partial charge in [-0.3, -0.25) is 10.1 Å².